The van der Waals surface area contributed by atoms with Crippen molar-refractivity contribution in [1.82, 2.24) is 9.88 Å². The maximum absolute atomic E-state index is 8.77. The summed E-state index contributed by atoms with van der Waals surface area (Å²) in [7, 11) is 2.16. The molecule has 6 heteroatoms. The van der Waals surface area contributed by atoms with Gasteiger partial charge in [-0.25, -0.2) is 4.98 Å². The third-order valence-electron chi connectivity index (χ3n) is 3.77. The maximum atomic E-state index is 8.77. The lowest BCUT2D eigenvalue weighted by atomic mass is 10.2. The van der Waals surface area contributed by atoms with E-state index in [1.807, 2.05) is 12.1 Å². The molecule has 1 atom stereocenters. The number of rotatable bonds is 3. The van der Waals surface area contributed by atoms with Crippen LogP contribution >= 0.6 is 0 Å². The van der Waals surface area contributed by atoms with Crippen molar-refractivity contribution < 1.29 is 5.21 Å². The summed E-state index contributed by atoms with van der Waals surface area (Å²) in [5.41, 5.74) is 6.14. The van der Waals surface area contributed by atoms with Crippen LogP contribution < -0.4 is 10.6 Å². The van der Waals surface area contributed by atoms with Gasteiger partial charge in [0.1, 0.15) is 11.5 Å². The number of hydrogen-bond donors (Lipinski definition) is 2. The summed E-state index contributed by atoms with van der Waals surface area (Å²) < 4.78 is 0. The van der Waals surface area contributed by atoms with E-state index in [4.69, 9.17) is 10.9 Å². The molecule has 0 saturated carbocycles. The highest BCUT2D eigenvalue weighted by molar-refractivity contribution is 5.95. The van der Waals surface area contributed by atoms with Crippen LogP contribution in [-0.4, -0.2) is 53.7 Å². The first-order valence-electron chi connectivity index (χ1n) is 7.05. The van der Waals surface area contributed by atoms with Gasteiger partial charge in [0, 0.05) is 19.1 Å². The van der Waals surface area contributed by atoms with E-state index in [2.05, 4.69) is 33.9 Å². The Balaban J connectivity index is 2.28. The van der Waals surface area contributed by atoms with Crippen molar-refractivity contribution in [3.8, 4) is 0 Å². The lowest BCUT2D eigenvalue weighted by Crippen LogP contribution is -2.40. The number of nitrogens with two attached hydrogens (primary N) is 1. The lowest BCUT2D eigenvalue weighted by molar-refractivity contribution is 0.318. The van der Waals surface area contributed by atoms with Crippen molar-refractivity contribution in [1.29, 1.82) is 0 Å². The molecule has 0 aliphatic carbocycles. The van der Waals surface area contributed by atoms with Gasteiger partial charge in [0.2, 0.25) is 0 Å². The minimum atomic E-state index is 0.0480. The average Bonchev–Trinajstić information content (AvgIpc) is 2.67. The number of likely N-dealkylation sites (N-methyl/N-ethyl adjacent to an activating group) is 1. The number of amidine groups is 1. The molecule has 0 radical (unpaired) electrons. The highest BCUT2D eigenvalue weighted by Crippen LogP contribution is 2.20. The molecular formula is C14H23N5O. The molecule has 1 aromatic rings. The van der Waals surface area contributed by atoms with Gasteiger partial charge in [0.05, 0.1) is 0 Å². The second-order valence-corrected chi connectivity index (χ2v) is 5.24. The number of anilines is 1. The molecule has 20 heavy (non-hydrogen) atoms. The Morgan fingerprint density at radius 2 is 2.30 bits per heavy atom. The molecule has 0 amide bonds. The molecule has 0 aromatic carbocycles. The molecule has 2 rings (SSSR count). The SMILES string of the molecule is CCC1CN(C)CCCN1c1cccc(/C(N)=N/O)n1. The normalized spacial score (nSPS) is 21.8. The van der Waals surface area contributed by atoms with Crippen molar-refractivity contribution >= 4 is 11.7 Å². The van der Waals surface area contributed by atoms with E-state index in [1.165, 1.54) is 0 Å². The molecule has 2 heterocycles. The van der Waals surface area contributed by atoms with Gasteiger partial charge in [0.15, 0.2) is 5.84 Å². The summed E-state index contributed by atoms with van der Waals surface area (Å²) >= 11 is 0. The Morgan fingerprint density at radius 1 is 1.50 bits per heavy atom. The van der Waals surface area contributed by atoms with Gasteiger partial charge in [-0.05, 0) is 38.6 Å². The fraction of sp³-hybridized carbons (Fsp3) is 0.571. The minimum absolute atomic E-state index is 0.0480. The van der Waals surface area contributed by atoms with Gasteiger partial charge in [-0.3, -0.25) is 0 Å². The number of pyridine rings is 1. The minimum Gasteiger partial charge on any atom is -0.409 e. The second kappa shape index (κ2) is 6.56. The maximum Gasteiger partial charge on any atom is 0.188 e. The van der Waals surface area contributed by atoms with Crippen LogP contribution in [0.3, 0.4) is 0 Å². The average molecular weight is 277 g/mol. The van der Waals surface area contributed by atoms with E-state index in [0.717, 1.165) is 38.3 Å². The van der Waals surface area contributed by atoms with Crippen molar-refractivity contribution in [3.05, 3.63) is 23.9 Å². The summed E-state index contributed by atoms with van der Waals surface area (Å²) in [6.45, 7) is 5.32. The van der Waals surface area contributed by atoms with Gasteiger partial charge >= 0.3 is 0 Å². The van der Waals surface area contributed by atoms with Crippen LogP contribution in [-0.2, 0) is 0 Å². The number of nitrogens with zero attached hydrogens (tertiary/aromatic N) is 4. The fourth-order valence-corrected chi connectivity index (χ4v) is 2.67. The van der Waals surface area contributed by atoms with Gasteiger partial charge in [0.25, 0.3) is 0 Å². The Bertz CT molecular complexity index is 476. The predicted octanol–water partition coefficient (Wildman–Crippen LogP) is 1.10. The zero-order valence-electron chi connectivity index (χ0n) is 12.2. The number of aromatic nitrogens is 1. The zero-order valence-corrected chi connectivity index (χ0v) is 12.2. The van der Waals surface area contributed by atoms with E-state index in [-0.39, 0.29) is 5.84 Å². The van der Waals surface area contributed by atoms with Crippen LogP contribution in [0.4, 0.5) is 5.82 Å². The van der Waals surface area contributed by atoms with Crippen LogP contribution in [0.2, 0.25) is 0 Å². The van der Waals surface area contributed by atoms with Crippen molar-refractivity contribution in [2.24, 2.45) is 10.9 Å². The smallest absolute Gasteiger partial charge is 0.188 e. The van der Waals surface area contributed by atoms with Crippen molar-refractivity contribution in [3.63, 3.8) is 0 Å². The third-order valence-corrected chi connectivity index (χ3v) is 3.77. The molecular weight excluding hydrogens is 254 g/mol. The quantitative estimate of drug-likeness (QED) is 0.374. The van der Waals surface area contributed by atoms with Crippen LogP contribution in [0, 0.1) is 0 Å². The monoisotopic (exact) mass is 277 g/mol. The molecule has 1 fully saturated rings. The first kappa shape index (κ1) is 14.6. The summed E-state index contributed by atoms with van der Waals surface area (Å²) in [5.74, 6) is 0.947. The van der Waals surface area contributed by atoms with Crippen LogP contribution in [0.15, 0.2) is 23.4 Å². The Labute approximate surface area is 119 Å². The topological polar surface area (TPSA) is 78.0 Å². The van der Waals surface area contributed by atoms with E-state index in [1.54, 1.807) is 6.07 Å². The highest BCUT2D eigenvalue weighted by atomic mass is 16.4. The second-order valence-electron chi connectivity index (χ2n) is 5.24. The largest absolute Gasteiger partial charge is 0.409 e. The van der Waals surface area contributed by atoms with E-state index in [9.17, 15) is 0 Å². The van der Waals surface area contributed by atoms with E-state index in [0.29, 0.717) is 11.7 Å². The molecule has 1 aromatic heterocycles. The van der Waals surface area contributed by atoms with Gasteiger partial charge in [-0.15, -0.1) is 0 Å². The van der Waals surface area contributed by atoms with E-state index < -0.39 is 0 Å². The Kier molecular flexibility index (Phi) is 4.79. The standard InChI is InChI=1S/C14H23N5O/c1-3-11-10-18(2)8-5-9-19(11)13-7-4-6-12(16-13)14(15)17-20/h4,6-7,11,20H,3,5,8-10H2,1-2H3,(H2,15,17). The van der Waals surface area contributed by atoms with Crippen LogP contribution in [0.1, 0.15) is 25.5 Å². The lowest BCUT2D eigenvalue weighted by Gasteiger charge is -2.31. The third kappa shape index (κ3) is 3.19. The summed E-state index contributed by atoms with van der Waals surface area (Å²) in [4.78, 5) is 9.22. The number of hydrogen-bond acceptors (Lipinski definition) is 5. The zero-order chi connectivity index (χ0) is 14.5. The molecule has 110 valence electrons. The molecule has 0 bridgehead atoms. The van der Waals surface area contributed by atoms with Crippen molar-refractivity contribution in [2.45, 2.75) is 25.8 Å². The molecule has 1 aliphatic rings. The summed E-state index contributed by atoms with van der Waals surface area (Å²) in [6, 6.07) is 6.08. The molecule has 1 aliphatic heterocycles. The van der Waals surface area contributed by atoms with Gasteiger partial charge < -0.3 is 20.7 Å². The van der Waals surface area contributed by atoms with Crippen LogP contribution in [0.25, 0.3) is 0 Å². The molecule has 6 nitrogen and oxygen atoms in total. The van der Waals surface area contributed by atoms with Crippen molar-refractivity contribution in [2.75, 3.05) is 31.6 Å². The van der Waals surface area contributed by atoms with Crippen LogP contribution in [0.5, 0.6) is 0 Å². The first-order chi connectivity index (χ1) is 9.65. The Hall–Kier alpha value is -1.82. The Morgan fingerprint density at radius 3 is 3.00 bits per heavy atom. The molecule has 0 spiro atoms. The first-order valence-corrected chi connectivity index (χ1v) is 7.05. The summed E-state index contributed by atoms with van der Waals surface area (Å²) in [5, 5.41) is 11.8. The predicted molar refractivity (Wildman–Crippen MR) is 80.3 cm³/mol. The van der Waals surface area contributed by atoms with E-state index >= 15 is 0 Å². The molecule has 1 unspecified atom stereocenters. The highest BCUT2D eigenvalue weighted by Gasteiger charge is 2.23. The summed E-state index contributed by atoms with van der Waals surface area (Å²) in [6.07, 6.45) is 2.18. The number of oxime groups is 1. The van der Waals surface area contributed by atoms with Gasteiger partial charge in [-0.1, -0.05) is 18.1 Å². The fourth-order valence-electron chi connectivity index (χ4n) is 2.67. The molecule has 3 N–H and O–H groups in total. The molecule has 1 saturated heterocycles. The van der Waals surface area contributed by atoms with Gasteiger partial charge in [-0.2, -0.15) is 0 Å².